The predicted octanol–water partition coefficient (Wildman–Crippen LogP) is 3.61. The van der Waals surface area contributed by atoms with Crippen molar-refractivity contribution in [1.29, 1.82) is 0 Å². The van der Waals surface area contributed by atoms with Gasteiger partial charge in [-0.2, -0.15) is 0 Å². The summed E-state index contributed by atoms with van der Waals surface area (Å²) < 4.78 is 0. The Labute approximate surface area is 125 Å². The molecule has 2 aromatic carbocycles. The molecule has 0 aliphatic heterocycles. The monoisotopic (exact) mass is 292 g/mol. The molecule has 0 spiro atoms. The van der Waals surface area contributed by atoms with Crippen LogP contribution in [0, 0.1) is 10.1 Å². The lowest BCUT2D eigenvalue weighted by molar-refractivity contribution is -0.384. The van der Waals surface area contributed by atoms with Crippen molar-refractivity contribution >= 4 is 28.7 Å². The molecule has 3 rings (SSSR count). The summed E-state index contributed by atoms with van der Waals surface area (Å²) in [5.41, 5.74) is 2.29. The van der Waals surface area contributed by atoms with Gasteiger partial charge in [0.05, 0.1) is 4.92 Å². The number of hydrogen-bond acceptors (Lipinski definition) is 3. The fourth-order valence-electron chi connectivity index (χ4n) is 2.20. The number of benzene rings is 2. The number of hydrogen-bond donors (Lipinski definition) is 1. The smallest absolute Gasteiger partial charge is 0.269 e. The van der Waals surface area contributed by atoms with E-state index in [9.17, 15) is 14.9 Å². The van der Waals surface area contributed by atoms with E-state index in [0.717, 1.165) is 11.1 Å². The van der Waals surface area contributed by atoms with Crippen LogP contribution in [0.3, 0.4) is 0 Å². The molecule has 0 unspecified atom stereocenters. The highest BCUT2D eigenvalue weighted by Crippen LogP contribution is 2.14. The number of non-ortho nitro benzene ring substituents is 1. The molecule has 1 heterocycles. The van der Waals surface area contributed by atoms with Gasteiger partial charge < -0.3 is 4.98 Å². The molecule has 22 heavy (non-hydrogen) atoms. The lowest BCUT2D eigenvalue weighted by Crippen LogP contribution is -2.02. The zero-order valence-electron chi connectivity index (χ0n) is 11.5. The van der Waals surface area contributed by atoms with E-state index >= 15 is 0 Å². The van der Waals surface area contributed by atoms with Gasteiger partial charge in [0, 0.05) is 34.8 Å². The van der Waals surface area contributed by atoms with Crippen molar-refractivity contribution in [3.05, 3.63) is 86.2 Å². The molecule has 1 N–H and O–H groups in total. The van der Waals surface area contributed by atoms with Gasteiger partial charge in [0.1, 0.15) is 0 Å². The van der Waals surface area contributed by atoms with Crippen LogP contribution in [0.1, 0.15) is 11.3 Å². The van der Waals surface area contributed by atoms with Gasteiger partial charge in [0.25, 0.3) is 5.69 Å². The number of rotatable bonds is 3. The van der Waals surface area contributed by atoms with Crippen LogP contribution in [0.4, 0.5) is 5.69 Å². The molecule has 0 atom stereocenters. The summed E-state index contributed by atoms with van der Waals surface area (Å²) in [7, 11) is 0. The minimum atomic E-state index is -0.436. The van der Waals surface area contributed by atoms with Crippen LogP contribution in [0.15, 0.2) is 59.4 Å². The standard InChI is InChI=1S/C17H12N2O3/c20-17-11-13(18-16-4-2-1-3-15(16)17)8-5-12-6-9-14(10-7-12)19(21)22/h1-11H,(H,18,20)/b8-5+. The van der Waals surface area contributed by atoms with Crippen molar-refractivity contribution in [1.82, 2.24) is 4.98 Å². The van der Waals surface area contributed by atoms with Crippen molar-refractivity contribution in [3.63, 3.8) is 0 Å². The van der Waals surface area contributed by atoms with Gasteiger partial charge in [0.15, 0.2) is 5.43 Å². The molecule has 1 aromatic heterocycles. The van der Waals surface area contributed by atoms with Crippen molar-refractivity contribution < 1.29 is 4.92 Å². The zero-order chi connectivity index (χ0) is 15.5. The number of nitrogens with zero attached hydrogens (tertiary/aromatic N) is 1. The van der Waals surface area contributed by atoms with Crippen molar-refractivity contribution in [3.8, 4) is 0 Å². The normalized spacial score (nSPS) is 11.1. The number of aromatic amines is 1. The topological polar surface area (TPSA) is 76.0 Å². The Kier molecular flexibility index (Phi) is 3.53. The molecule has 0 saturated heterocycles. The molecule has 0 radical (unpaired) electrons. The van der Waals surface area contributed by atoms with Crippen LogP contribution in [0.5, 0.6) is 0 Å². The molecule has 108 valence electrons. The van der Waals surface area contributed by atoms with E-state index in [1.807, 2.05) is 18.2 Å². The van der Waals surface area contributed by atoms with E-state index in [1.165, 1.54) is 18.2 Å². The van der Waals surface area contributed by atoms with Crippen LogP contribution >= 0.6 is 0 Å². The lowest BCUT2D eigenvalue weighted by Gasteiger charge is -2.00. The number of fused-ring (bicyclic) bond motifs is 1. The maximum absolute atomic E-state index is 12.0. The SMILES string of the molecule is O=c1cc(/C=C/c2ccc([N+](=O)[O-])cc2)[nH]c2ccccc12. The minimum Gasteiger partial charge on any atom is -0.355 e. The van der Waals surface area contributed by atoms with E-state index in [4.69, 9.17) is 0 Å². The third-order valence-electron chi connectivity index (χ3n) is 3.32. The van der Waals surface area contributed by atoms with Gasteiger partial charge in [-0.25, -0.2) is 0 Å². The maximum Gasteiger partial charge on any atom is 0.269 e. The van der Waals surface area contributed by atoms with Gasteiger partial charge in [-0.1, -0.05) is 18.2 Å². The molecule has 0 aliphatic rings. The Bertz CT molecular complexity index is 925. The summed E-state index contributed by atoms with van der Waals surface area (Å²) in [4.78, 5) is 25.3. The molecular weight excluding hydrogens is 280 g/mol. The highest BCUT2D eigenvalue weighted by Gasteiger charge is 2.02. The summed E-state index contributed by atoms with van der Waals surface area (Å²) >= 11 is 0. The van der Waals surface area contributed by atoms with Crippen LogP contribution in [-0.2, 0) is 0 Å². The fraction of sp³-hybridized carbons (Fsp3) is 0. The van der Waals surface area contributed by atoms with Crippen molar-refractivity contribution in [2.45, 2.75) is 0 Å². The first-order valence-electron chi connectivity index (χ1n) is 6.68. The molecule has 5 heteroatoms. The summed E-state index contributed by atoms with van der Waals surface area (Å²) in [6.45, 7) is 0. The average Bonchev–Trinajstić information content (AvgIpc) is 2.53. The Morgan fingerprint density at radius 2 is 1.73 bits per heavy atom. The first kappa shape index (κ1) is 13.8. The number of H-pyrrole nitrogens is 1. The fourth-order valence-corrected chi connectivity index (χ4v) is 2.20. The third-order valence-corrected chi connectivity index (χ3v) is 3.32. The van der Waals surface area contributed by atoms with E-state index in [-0.39, 0.29) is 11.1 Å². The molecule has 3 aromatic rings. The van der Waals surface area contributed by atoms with Gasteiger partial charge in [-0.3, -0.25) is 14.9 Å². The molecule has 5 nitrogen and oxygen atoms in total. The van der Waals surface area contributed by atoms with E-state index in [1.54, 1.807) is 30.4 Å². The first-order valence-corrected chi connectivity index (χ1v) is 6.68. The van der Waals surface area contributed by atoms with E-state index < -0.39 is 4.92 Å². The van der Waals surface area contributed by atoms with E-state index in [0.29, 0.717) is 11.1 Å². The maximum atomic E-state index is 12.0. The summed E-state index contributed by atoms with van der Waals surface area (Å²) in [6.07, 6.45) is 3.57. The minimum absolute atomic E-state index is 0.0438. The van der Waals surface area contributed by atoms with Gasteiger partial charge in [-0.15, -0.1) is 0 Å². The van der Waals surface area contributed by atoms with Crippen LogP contribution in [-0.4, -0.2) is 9.91 Å². The van der Waals surface area contributed by atoms with Crippen molar-refractivity contribution in [2.75, 3.05) is 0 Å². The summed E-state index contributed by atoms with van der Waals surface area (Å²) in [5.74, 6) is 0. The summed E-state index contributed by atoms with van der Waals surface area (Å²) in [6, 6.07) is 15.1. The second-order valence-corrected chi connectivity index (χ2v) is 4.82. The highest BCUT2D eigenvalue weighted by atomic mass is 16.6. The Morgan fingerprint density at radius 1 is 1.00 bits per heavy atom. The largest absolute Gasteiger partial charge is 0.355 e. The Hall–Kier alpha value is -3.21. The zero-order valence-corrected chi connectivity index (χ0v) is 11.5. The van der Waals surface area contributed by atoms with Gasteiger partial charge in [-0.05, 0) is 35.9 Å². The number of aromatic nitrogens is 1. The summed E-state index contributed by atoms with van der Waals surface area (Å²) in [5, 5.41) is 11.2. The van der Waals surface area contributed by atoms with Gasteiger partial charge in [0.2, 0.25) is 0 Å². The number of nitro groups is 1. The quantitative estimate of drug-likeness (QED) is 0.592. The molecule has 0 saturated carbocycles. The highest BCUT2D eigenvalue weighted by molar-refractivity contribution is 5.80. The predicted molar refractivity (Wildman–Crippen MR) is 86.6 cm³/mol. The first-order chi connectivity index (χ1) is 10.6. The number of nitrogens with one attached hydrogen (secondary N) is 1. The Morgan fingerprint density at radius 3 is 2.45 bits per heavy atom. The number of pyridine rings is 1. The van der Waals surface area contributed by atoms with E-state index in [2.05, 4.69) is 4.98 Å². The Balaban J connectivity index is 1.92. The second kappa shape index (κ2) is 5.65. The molecule has 0 fully saturated rings. The van der Waals surface area contributed by atoms with Crippen molar-refractivity contribution in [2.24, 2.45) is 0 Å². The molecular formula is C17H12N2O3. The third kappa shape index (κ3) is 2.78. The van der Waals surface area contributed by atoms with Crippen LogP contribution < -0.4 is 5.43 Å². The lowest BCUT2D eigenvalue weighted by atomic mass is 10.1. The number of nitro benzene ring substituents is 1. The molecule has 0 bridgehead atoms. The van der Waals surface area contributed by atoms with Crippen LogP contribution in [0.25, 0.3) is 23.1 Å². The van der Waals surface area contributed by atoms with Gasteiger partial charge >= 0.3 is 0 Å². The average molecular weight is 292 g/mol. The molecule has 0 aliphatic carbocycles. The van der Waals surface area contributed by atoms with Crippen LogP contribution in [0.2, 0.25) is 0 Å². The second-order valence-electron chi connectivity index (χ2n) is 4.82. The molecule has 0 amide bonds. The number of para-hydroxylation sites is 1.